The molecule has 1 aliphatic carbocycles. The number of thiazole rings is 1. The van der Waals surface area contributed by atoms with Gasteiger partial charge in [0.15, 0.2) is 5.13 Å². The molecule has 4 aromatic rings. The molecule has 3 N–H and O–H groups in total. The predicted molar refractivity (Wildman–Crippen MR) is 102 cm³/mol. The number of nitrogen functional groups attached to an aromatic ring is 1. The van der Waals surface area contributed by atoms with Crippen LogP contribution in [0.2, 0.25) is 0 Å². The molecule has 1 atom stereocenters. The van der Waals surface area contributed by atoms with Gasteiger partial charge in [0.05, 0.1) is 17.1 Å². The van der Waals surface area contributed by atoms with Gasteiger partial charge >= 0.3 is 0 Å². The molecule has 1 aliphatic rings. The molecular formula is C18H17N7S. The van der Waals surface area contributed by atoms with E-state index in [9.17, 15) is 0 Å². The third kappa shape index (κ3) is 2.68. The van der Waals surface area contributed by atoms with Crippen LogP contribution in [0.25, 0.3) is 16.9 Å². The number of fused-ring (bicyclic) bond motifs is 2. The van der Waals surface area contributed by atoms with Crippen LogP contribution in [0.5, 0.6) is 0 Å². The SMILES string of the molecule is Nc1nc2c(s1)C[C@@H](Nc1cc(-c3ccccc3)nn3cnnc13)CC2. The Hall–Kier alpha value is -3.00. The van der Waals surface area contributed by atoms with E-state index < -0.39 is 0 Å². The van der Waals surface area contributed by atoms with Gasteiger partial charge in [-0.25, -0.2) is 4.98 Å². The van der Waals surface area contributed by atoms with Crippen LogP contribution in [0.4, 0.5) is 10.8 Å². The first-order chi connectivity index (χ1) is 12.8. The highest BCUT2D eigenvalue weighted by Crippen LogP contribution is 2.31. The summed E-state index contributed by atoms with van der Waals surface area (Å²) in [5, 5.41) is 17.2. The summed E-state index contributed by atoms with van der Waals surface area (Å²) in [4.78, 5) is 5.70. The van der Waals surface area contributed by atoms with Crippen molar-refractivity contribution in [1.29, 1.82) is 0 Å². The summed E-state index contributed by atoms with van der Waals surface area (Å²) in [6.45, 7) is 0. The topological polar surface area (TPSA) is 94.0 Å². The average molecular weight is 363 g/mol. The standard InChI is InChI=1S/C18H17N7S/c19-18-22-13-7-6-12(8-16(13)26-18)21-15-9-14(11-4-2-1-3-5-11)24-25-10-20-23-17(15)25/h1-5,9-10,12,21H,6-8H2,(H2,19,22)/t12-/m0/s1. The second kappa shape index (κ2) is 6.06. The Morgan fingerprint density at radius 2 is 2.12 bits per heavy atom. The van der Waals surface area contributed by atoms with Gasteiger partial charge in [0.2, 0.25) is 5.65 Å². The number of aryl methyl sites for hydroxylation is 1. The normalized spacial score (nSPS) is 16.5. The molecule has 0 saturated carbocycles. The van der Waals surface area contributed by atoms with E-state index in [-0.39, 0.29) is 0 Å². The first-order valence-electron chi connectivity index (χ1n) is 8.53. The maximum absolute atomic E-state index is 5.86. The summed E-state index contributed by atoms with van der Waals surface area (Å²) in [5.41, 5.74) is 10.6. The highest BCUT2D eigenvalue weighted by Gasteiger charge is 2.23. The molecule has 0 radical (unpaired) electrons. The fraction of sp³-hybridized carbons (Fsp3) is 0.222. The van der Waals surface area contributed by atoms with Crippen molar-refractivity contribution >= 4 is 27.8 Å². The number of nitrogens with two attached hydrogens (primary N) is 1. The highest BCUT2D eigenvalue weighted by molar-refractivity contribution is 7.15. The Morgan fingerprint density at radius 3 is 3.00 bits per heavy atom. The average Bonchev–Trinajstić information content (AvgIpc) is 3.27. The maximum atomic E-state index is 5.86. The zero-order chi connectivity index (χ0) is 17.5. The van der Waals surface area contributed by atoms with Gasteiger partial charge in [0, 0.05) is 22.9 Å². The number of nitrogens with one attached hydrogen (secondary N) is 1. The van der Waals surface area contributed by atoms with Crippen LogP contribution in [0, 0.1) is 0 Å². The molecule has 0 amide bonds. The molecule has 0 aliphatic heterocycles. The van der Waals surface area contributed by atoms with Gasteiger partial charge in [0.25, 0.3) is 0 Å². The largest absolute Gasteiger partial charge is 0.379 e. The first-order valence-corrected chi connectivity index (χ1v) is 9.35. The third-order valence-electron chi connectivity index (χ3n) is 4.65. The Kier molecular flexibility index (Phi) is 3.56. The molecule has 8 heteroatoms. The van der Waals surface area contributed by atoms with Gasteiger partial charge in [-0.1, -0.05) is 30.3 Å². The minimum Gasteiger partial charge on any atom is -0.379 e. The van der Waals surface area contributed by atoms with Crippen LogP contribution in [-0.4, -0.2) is 30.8 Å². The van der Waals surface area contributed by atoms with Crippen molar-refractivity contribution in [2.45, 2.75) is 25.3 Å². The lowest BCUT2D eigenvalue weighted by Gasteiger charge is -2.23. The lowest BCUT2D eigenvalue weighted by Crippen LogP contribution is -2.27. The molecule has 26 heavy (non-hydrogen) atoms. The van der Waals surface area contributed by atoms with E-state index in [1.54, 1.807) is 22.2 Å². The van der Waals surface area contributed by atoms with Gasteiger partial charge in [-0.05, 0) is 18.9 Å². The molecule has 1 aromatic carbocycles. The van der Waals surface area contributed by atoms with E-state index >= 15 is 0 Å². The van der Waals surface area contributed by atoms with Gasteiger partial charge in [0.1, 0.15) is 6.33 Å². The zero-order valence-corrected chi connectivity index (χ0v) is 14.8. The highest BCUT2D eigenvalue weighted by atomic mass is 32.1. The summed E-state index contributed by atoms with van der Waals surface area (Å²) in [5.74, 6) is 0. The molecule has 0 bridgehead atoms. The van der Waals surface area contributed by atoms with E-state index in [0.29, 0.717) is 11.2 Å². The van der Waals surface area contributed by atoms with Crippen molar-refractivity contribution in [3.8, 4) is 11.3 Å². The predicted octanol–water partition coefficient (Wildman–Crippen LogP) is 2.80. The summed E-state index contributed by atoms with van der Waals surface area (Å²) in [7, 11) is 0. The minimum absolute atomic E-state index is 0.314. The monoisotopic (exact) mass is 363 g/mol. The maximum Gasteiger partial charge on any atom is 0.200 e. The lowest BCUT2D eigenvalue weighted by atomic mass is 9.97. The van der Waals surface area contributed by atoms with Gasteiger partial charge < -0.3 is 11.1 Å². The molecule has 0 saturated heterocycles. The molecule has 3 heterocycles. The third-order valence-corrected chi connectivity index (χ3v) is 5.60. The summed E-state index contributed by atoms with van der Waals surface area (Å²) in [6, 6.07) is 12.5. The number of aromatic nitrogens is 5. The van der Waals surface area contributed by atoms with E-state index in [1.807, 2.05) is 18.2 Å². The summed E-state index contributed by atoms with van der Waals surface area (Å²) in [6.07, 6.45) is 4.52. The molecular weight excluding hydrogens is 346 g/mol. The van der Waals surface area contributed by atoms with Gasteiger partial charge in [-0.3, -0.25) is 0 Å². The van der Waals surface area contributed by atoms with Crippen LogP contribution < -0.4 is 11.1 Å². The molecule has 0 fully saturated rings. The van der Waals surface area contributed by atoms with Gasteiger partial charge in [-0.2, -0.15) is 9.61 Å². The van der Waals surface area contributed by atoms with Crippen molar-refractivity contribution < 1.29 is 0 Å². The molecule has 130 valence electrons. The van der Waals surface area contributed by atoms with Crippen molar-refractivity contribution in [3.63, 3.8) is 0 Å². The van der Waals surface area contributed by atoms with Crippen LogP contribution in [0.15, 0.2) is 42.7 Å². The molecule has 5 rings (SSSR count). The van der Waals surface area contributed by atoms with E-state index in [2.05, 4.69) is 43.8 Å². The Balaban J connectivity index is 1.49. The number of hydrogen-bond acceptors (Lipinski definition) is 7. The van der Waals surface area contributed by atoms with Crippen LogP contribution in [0.3, 0.4) is 0 Å². The minimum atomic E-state index is 0.314. The Bertz CT molecular complexity index is 1070. The lowest BCUT2D eigenvalue weighted by molar-refractivity contribution is 0.610. The van der Waals surface area contributed by atoms with Crippen molar-refractivity contribution in [2.24, 2.45) is 0 Å². The zero-order valence-electron chi connectivity index (χ0n) is 14.0. The summed E-state index contributed by atoms with van der Waals surface area (Å²) >= 11 is 1.59. The second-order valence-electron chi connectivity index (χ2n) is 6.41. The number of rotatable bonds is 3. The Morgan fingerprint density at radius 1 is 1.23 bits per heavy atom. The number of hydrogen-bond donors (Lipinski definition) is 2. The molecule has 0 unspecified atom stereocenters. The number of nitrogens with zero attached hydrogens (tertiary/aromatic N) is 5. The molecule has 0 spiro atoms. The smallest absolute Gasteiger partial charge is 0.200 e. The van der Waals surface area contributed by atoms with Crippen molar-refractivity contribution in [3.05, 3.63) is 53.3 Å². The summed E-state index contributed by atoms with van der Waals surface area (Å²) < 4.78 is 1.73. The van der Waals surface area contributed by atoms with E-state index in [1.165, 1.54) is 4.88 Å². The fourth-order valence-electron chi connectivity index (χ4n) is 3.42. The van der Waals surface area contributed by atoms with E-state index in [0.717, 1.165) is 47.5 Å². The molecule has 7 nitrogen and oxygen atoms in total. The van der Waals surface area contributed by atoms with Crippen molar-refractivity contribution in [1.82, 2.24) is 24.8 Å². The van der Waals surface area contributed by atoms with Crippen LogP contribution in [0.1, 0.15) is 17.0 Å². The second-order valence-corrected chi connectivity index (χ2v) is 7.53. The van der Waals surface area contributed by atoms with Crippen molar-refractivity contribution in [2.75, 3.05) is 11.1 Å². The molecule has 3 aromatic heterocycles. The van der Waals surface area contributed by atoms with Gasteiger partial charge in [-0.15, -0.1) is 21.5 Å². The Labute approximate surface area is 153 Å². The quantitative estimate of drug-likeness (QED) is 0.581. The number of anilines is 2. The fourth-order valence-corrected chi connectivity index (χ4v) is 4.38. The van der Waals surface area contributed by atoms with Crippen LogP contribution in [-0.2, 0) is 12.8 Å². The number of benzene rings is 1. The first kappa shape index (κ1) is 15.3. The van der Waals surface area contributed by atoms with Crippen LogP contribution >= 0.6 is 11.3 Å². The van der Waals surface area contributed by atoms with E-state index in [4.69, 9.17) is 5.73 Å².